The average molecular weight is 443 g/mol. The van der Waals surface area contributed by atoms with Crippen molar-refractivity contribution in [3.63, 3.8) is 0 Å². The molecule has 0 unspecified atom stereocenters. The number of rotatable bonds is 3. The van der Waals surface area contributed by atoms with Gasteiger partial charge in [0.05, 0.1) is 11.7 Å². The fourth-order valence-corrected chi connectivity index (χ4v) is 5.33. The number of nitrogens with zero attached hydrogens (tertiary/aromatic N) is 2. The zero-order chi connectivity index (χ0) is 23.4. The van der Waals surface area contributed by atoms with Gasteiger partial charge in [0.25, 0.3) is 5.91 Å². The number of fused-ring (bicyclic) bond motifs is 2. The number of aryl methyl sites for hydroxylation is 3. The van der Waals surface area contributed by atoms with Crippen LogP contribution in [-0.2, 0) is 7.05 Å². The molecular weight excluding hydrogens is 416 g/mol. The first-order valence-electron chi connectivity index (χ1n) is 11.7. The number of hydrogen-bond donors (Lipinski definition) is 0. The van der Waals surface area contributed by atoms with Gasteiger partial charge in [-0.25, -0.2) is 0 Å². The summed E-state index contributed by atoms with van der Waals surface area (Å²) in [7, 11) is 2.12. The maximum Gasteiger partial charge on any atom is 0.259 e. The summed E-state index contributed by atoms with van der Waals surface area (Å²) < 4.78 is 2.27. The molecule has 5 aromatic rings. The summed E-state index contributed by atoms with van der Waals surface area (Å²) in [6.45, 7) is 4.18. The Morgan fingerprint density at radius 2 is 1.32 bits per heavy atom. The number of aromatic nitrogens is 1. The molecule has 0 N–H and O–H groups in total. The SMILES string of the molecule is Cc1ccc(-c2c([C@H]3c4ccccc4C(=O)N3c3ccc(C)cc3)c3ccccc3n2C)cc1. The Hall–Kier alpha value is -4.11. The second-order valence-corrected chi connectivity index (χ2v) is 9.20. The van der Waals surface area contributed by atoms with E-state index in [9.17, 15) is 4.79 Å². The van der Waals surface area contributed by atoms with Gasteiger partial charge in [-0.05, 0) is 49.2 Å². The molecule has 6 rings (SSSR count). The van der Waals surface area contributed by atoms with E-state index in [2.05, 4.69) is 104 Å². The highest BCUT2D eigenvalue weighted by Gasteiger charge is 2.41. The van der Waals surface area contributed by atoms with Gasteiger partial charge in [-0.3, -0.25) is 9.69 Å². The van der Waals surface area contributed by atoms with Crippen molar-refractivity contribution in [2.24, 2.45) is 7.05 Å². The summed E-state index contributed by atoms with van der Waals surface area (Å²) in [5, 5.41) is 1.17. The zero-order valence-corrected chi connectivity index (χ0v) is 19.6. The summed E-state index contributed by atoms with van der Waals surface area (Å²) in [4.78, 5) is 15.8. The van der Waals surface area contributed by atoms with Gasteiger partial charge in [0.2, 0.25) is 0 Å². The number of amides is 1. The molecule has 3 heteroatoms. The molecule has 0 aliphatic carbocycles. The van der Waals surface area contributed by atoms with Crippen LogP contribution in [0.5, 0.6) is 0 Å². The molecule has 0 saturated heterocycles. The second kappa shape index (κ2) is 7.74. The van der Waals surface area contributed by atoms with E-state index < -0.39 is 0 Å². The topological polar surface area (TPSA) is 25.2 Å². The molecule has 0 bridgehead atoms. The normalized spacial score (nSPS) is 15.2. The highest BCUT2D eigenvalue weighted by Crippen LogP contribution is 2.48. The van der Waals surface area contributed by atoms with Gasteiger partial charge in [-0.15, -0.1) is 0 Å². The first-order valence-corrected chi connectivity index (χ1v) is 11.7. The van der Waals surface area contributed by atoms with Crippen molar-refractivity contribution in [1.29, 1.82) is 0 Å². The third-order valence-electron chi connectivity index (χ3n) is 7.02. The molecule has 3 nitrogen and oxygen atoms in total. The third kappa shape index (κ3) is 3.01. The van der Waals surface area contributed by atoms with Gasteiger partial charge < -0.3 is 4.57 Å². The Labute approximate surface area is 199 Å². The van der Waals surface area contributed by atoms with Crippen LogP contribution in [0.25, 0.3) is 22.2 Å². The zero-order valence-electron chi connectivity index (χ0n) is 19.6. The van der Waals surface area contributed by atoms with Crippen molar-refractivity contribution in [2.45, 2.75) is 19.9 Å². The molecule has 4 aromatic carbocycles. The summed E-state index contributed by atoms with van der Waals surface area (Å²) in [5.41, 5.74) is 9.78. The minimum atomic E-state index is -0.214. The Balaban J connectivity index is 1.69. The Kier molecular flexibility index (Phi) is 4.66. The fourth-order valence-electron chi connectivity index (χ4n) is 5.33. The molecule has 0 spiro atoms. The minimum Gasteiger partial charge on any atom is -0.343 e. The third-order valence-corrected chi connectivity index (χ3v) is 7.02. The van der Waals surface area contributed by atoms with Crippen molar-refractivity contribution in [1.82, 2.24) is 4.57 Å². The van der Waals surface area contributed by atoms with Crippen LogP contribution in [-0.4, -0.2) is 10.5 Å². The van der Waals surface area contributed by atoms with Crippen molar-refractivity contribution < 1.29 is 4.79 Å². The lowest BCUT2D eigenvalue weighted by molar-refractivity contribution is 0.0993. The second-order valence-electron chi connectivity index (χ2n) is 9.20. The lowest BCUT2D eigenvalue weighted by Gasteiger charge is -2.27. The van der Waals surface area contributed by atoms with E-state index >= 15 is 0 Å². The van der Waals surface area contributed by atoms with Gasteiger partial charge >= 0.3 is 0 Å². The van der Waals surface area contributed by atoms with E-state index in [1.165, 1.54) is 22.1 Å². The molecule has 1 aromatic heterocycles. The van der Waals surface area contributed by atoms with E-state index in [0.717, 1.165) is 33.6 Å². The monoisotopic (exact) mass is 442 g/mol. The Bertz CT molecular complexity index is 1540. The van der Waals surface area contributed by atoms with Crippen LogP contribution in [0.15, 0.2) is 97.1 Å². The van der Waals surface area contributed by atoms with Crippen LogP contribution in [0.3, 0.4) is 0 Å². The highest BCUT2D eigenvalue weighted by molar-refractivity contribution is 6.13. The van der Waals surface area contributed by atoms with Gasteiger partial charge in [-0.2, -0.15) is 0 Å². The number of para-hydroxylation sites is 1. The molecule has 2 heterocycles. The lowest BCUT2D eigenvalue weighted by atomic mass is 9.92. The van der Waals surface area contributed by atoms with E-state index in [1.54, 1.807) is 0 Å². The quantitative estimate of drug-likeness (QED) is 0.290. The number of carbonyl (C=O) groups is 1. The molecule has 1 amide bonds. The van der Waals surface area contributed by atoms with Gasteiger partial charge in [-0.1, -0.05) is 83.9 Å². The molecule has 0 saturated carbocycles. The Morgan fingerprint density at radius 1 is 0.706 bits per heavy atom. The summed E-state index contributed by atoms with van der Waals surface area (Å²) in [6.07, 6.45) is 0. The maximum atomic E-state index is 13.8. The standard InChI is InChI=1S/C31H26N2O/c1-20-12-16-22(17-13-20)29-28(26-10-6-7-11-27(26)32(29)3)30-24-8-4-5-9-25(24)31(34)33(30)23-18-14-21(2)15-19-23/h4-19,30H,1-3H3/t30-/m1/s1. The molecule has 34 heavy (non-hydrogen) atoms. The predicted molar refractivity (Wildman–Crippen MR) is 139 cm³/mol. The molecule has 1 aliphatic rings. The predicted octanol–water partition coefficient (Wildman–Crippen LogP) is 7.21. The molecule has 1 aliphatic heterocycles. The molecule has 0 radical (unpaired) electrons. The van der Waals surface area contributed by atoms with Crippen LogP contribution in [0.1, 0.15) is 38.7 Å². The largest absolute Gasteiger partial charge is 0.343 e. The van der Waals surface area contributed by atoms with E-state index in [0.29, 0.717) is 0 Å². The first-order chi connectivity index (χ1) is 16.5. The lowest BCUT2D eigenvalue weighted by Crippen LogP contribution is -2.28. The smallest absolute Gasteiger partial charge is 0.259 e. The fraction of sp³-hybridized carbons (Fsp3) is 0.129. The molecule has 1 atom stereocenters. The number of carbonyl (C=O) groups excluding carboxylic acids is 1. The number of benzene rings is 4. The van der Waals surface area contributed by atoms with Crippen molar-refractivity contribution in [2.75, 3.05) is 4.90 Å². The Morgan fingerprint density at radius 3 is 2.06 bits per heavy atom. The van der Waals surface area contributed by atoms with Crippen LogP contribution >= 0.6 is 0 Å². The van der Waals surface area contributed by atoms with Crippen LogP contribution in [0, 0.1) is 13.8 Å². The van der Waals surface area contributed by atoms with Crippen molar-refractivity contribution in [3.05, 3.63) is 125 Å². The first kappa shape index (κ1) is 20.5. The van der Waals surface area contributed by atoms with Crippen LogP contribution in [0.2, 0.25) is 0 Å². The number of anilines is 1. The van der Waals surface area contributed by atoms with E-state index in [-0.39, 0.29) is 11.9 Å². The van der Waals surface area contributed by atoms with Crippen molar-refractivity contribution >= 4 is 22.5 Å². The highest BCUT2D eigenvalue weighted by atomic mass is 16.2. The maximum absolute atomic E-state index is 13.8. The summed E-state index contributed by atoms with van der Waals surface area (Å²) in [6, 6.07) is 33.3. The summed E-state index contributed by atoms with van der Waals surface area (Å²) >= 11 is 0. The van der Waals surface area contributed by atoms with Gasteiger partial charge in [0.15, 0.2) is 0 Å². The molecular formula is C31H26N2O. The molecule has 166 valence electrons. The molecule has 0 fully saturated rings. The average Bonchev–Trinajstić information content (AvgIpc) is 3.31. The van der Waals surface area contributed by atoms with E-state index in [4.69, 9.17) is 0 Å². The number of hydrogen-bond acceptors (Lipinski definition) is 1. The van der Waals surface area contributed by atoms with Crippen LogP contribution < -0.4 is 4.90 Å². The van der Waals surface area contributed by atoms with Crippen molar-refractivity contribution in [3.8, 4) is 11.3 Å². The van der Waals surface area contributed by atoms with Gasteiger partial charge in [0, 0.05) is 34.8 Å². The minimum absolute atomic E-state index is 0.0484. The van der Waals surface area contributed by atoms with E-state index in [1.807, 2.05) is 23.1 Å². The van der Waals surface area contributed by atoms with Crippen LogP contribution in [0.4, 0.5) is 5.69 Å². The summed E-state index contributed by atoms with van der Waals surface area (Å²) in [5.74, 6) is 0.0484. The van der Waals surface area contributed by atoms with Gasteiger partial charge in [0.1, 0.15) is 0 Å².